The van der Waals surface area contributed by atoms with Crippen molar-refractivity contribution in [3.8, 4) is 0 Å². The molecule has 1 aliphatic carbocycles. The minimum Gasteiger partial charge on any atom is -0.384 e. The molecule has 5 heteroatoms. The predicted octanol–water partition coefficient (Wildman–Crippen LogP) is 1.77. The third-order valence-corrected chi connectivity index (χ3v) is 3.06. The van der Waals surface area contributed by atoms with Crippen molar-refractivity contribution < 1.29 is 4.74 Å². The Hall–Kier alpha value is -1.36. The topological polar surface area (TPSA) is 73.1 Å². The van der Waals surface area contributed by atoms with Crippen LogP contribution in [0, 0.1) is 0 Å². The Kier molecular flexibility index (Phi) is 3.47. The average molecular weight is 236 g/mol. The largest absolute Gasteiger partial charge is 0.384 e. The van der Waals surface area contributed by atoms with Gasteiger partial charge in [-0.05, 0) is 12.8 Å². The molecule has 17 heavy (non-hydrogen) atoms. The van der Waals surface area contributed by atoms with Gasteiger partial charge in [0, 0.05) is 25.1 Å². The molecular formula is C12H20N4O. The quantitative estimate of drug-likeness (QED) is 0.833. The molecular weight excluding hydrogens is 216 g/mol. The summed E-state index contributed by atoms with van der Waals surface area (Å²) in [5, 5.41) is 3.37. The van der Waals surface area contributed by atoms with E-state index in [0.717, 1.165) is 24.5 Å². The van der Waals surface area contributed by atoms with E-state index in [1.165, 1.54) is 0 Å². The van der Waals surface area contributed by atoms with Gasteiger partial charge >= 0.3 is 0 Å². The van der Waals surface area contributed by atoms with Crippen molar-refractivity contribution >= 4 is 11.6 Å². The first kappa shape index (κ1) is 12.1. The zero-order chi connectivity index (χ0) is 12.4. The van der Waals surface area contributed by atoms with Crippen LogP contribution in [0.15, 0.2) is 6.07 Å². The number of methoxy groups -OCH3 is 1. The summed E-state index contributed by atoms with van der Waals surface area (Å²) in [6.07, 6.45) is 2.44. The van der Waals surface area contributed by atoms with Crippen molar-refractivity contribution in [2.45, 2.75) is 44.8 Å². The van der Waals surface area contributed by atoms with Crippen molar-refractivity contribution in [2.75, 3.05) is 18.2 Å². The lowest BCUT2D eigenvalue weighted by atomic mass is 9.89. The number of hydrogen-bond donors (Lipinski definition) is 2. The molecule has 0 radical (unpaired) electrons. The summed E-state index contributed by atoms with van der Waals surface area (Å²) in [6.45, 7) is 4.12. The van der Waals surface area contributed by atoms with Crippen molar-refractivity contribution in [2.24, 2.45) is 0 Å². The molecule has 94 valence electrons. The van der Waals surface area contributed by atoms with Gasteiger partial charge in [-0.3, -0.25) is 0 Å². The van der Waals surface area contributed by atoms with Crippen LogP contribution in [0.5, 0.6) is 0 Å². The Bertz CT molecular complexity index is 388. The Morgan fingerprint density at radius 1 is 1.41 bits per heavy atom. The minimum absolute atomic E-state index is 0.284. The molecule has 3 N–H and O–H groups in total. The van der Waals surface area contributed by atoms with Gasteiger partial charge < -0.3 is 15.8 Å². The Labute approximate surface area is 102 Å². The molecule has 0 spiro atoms. The van der Waals surface area contributed by atoms with Gasteiger partial charge in [0.2, 0.25) is 0 Å². The van der Waals surface area contributed by atoms with E-state index in [4.69, 9.17) is 10.5 Å². The summed E-state index contributed by atoms with van der Waals surface area (Å²) < 4.78 is 5.24. The third-order valence-electron chi connectivity index (χ3n) is 3.06. The van der Waals surface area contributed by atoms with Crippen molar-refractivity contribution in [3.63, 3.8) is 0 Å². The molecule has 0 aliphatic heterocycles. The number of anilines is 2. The number of ether oxygens (including phenoxy) is 1. The summed E-state index contributed by atoms with van der Waals surface area (Å²) in [6, 6.07) is 2.22. The fourth-order valence-electron chi connectivity index (χ4n) is 1.90. The van der Waals surface area contributed by atoms with Crippen LogP contribution in [0.25, 0.3) is 0 Å². The first-order chi connectivity index (χ1) is 8.08. The van der Waals surface area contributed by atoms with Crippen LogP contribution >= 0.6 is 0 Å². The molecule has 1 aromatic rings. The molecule has 1 aromatic heterocycles. The van der Waals surface area contributed by atoms with Crippen molar-refractivity contribution in [1.82, 2.24) is 9.97 Å². The lowest BCUT2D eigenvalue weighted by Crippen LogP contribution is -2.40. The van der Waals surface area contributed by atoms with Crippen LogP contribution in [0.1, 0.15) is 38.4 Å². The molecule has 0 unspecified atom stereocenters. The second kappa shape index (κ2) is 4.87. The van der Waals surface area contributed by atoms with E-state index in [9.17, 15) is 0 Å². The smallest absolute Gasteiger partial charge is 0.135 e. The minimum atomic E-state index is 0.284. The monoisotopic (exact) mass is 236 g/mol. The number of hydrogen-bond acceptors (Lipinski definition) is 5. The van der Waals surface area contributed by atoms with Crippen LogP contribution in [-0.2, 0) is 4.74 Å². The van der Waals surface area contributed by atoms with Gasteiger partial charge in [0.05, 0.1) is 6.10 Å². The highest BCUT2D eigenvalue weighted by molar-refractivity contribution is 5.46. The molecule has 0 saturated heterocycles. The molecule has 0 amide bonds. The van der Waals surface area contributed by atoms with E-state index < -0.39 is 0 Å². The first-order valence-corrected chi connectivity index (χ1v) is 6.02. The molecule has 5 nitrogen and oxygen atoms in total. The summed E-state index contributed by atoms with van der Waals surface area (Å²) in [5.41, 5.74) is 5.77. The van der Waals surface area contributed by atoms with Crippen LogP contribution in [0.3, 0.4) is 0 Å². The fraction of sp³-hybridized carbons (Fsp3) is 0.667. The van der Waals surface area contributed by atoms with E-state index in [1.54, 1.807) is 13.2 Å². The molecule has 0 aromatic carbocycles. The summed E-state index contributed by atoms with van der Waals surface area (Å²) in [7, 11) is 1.75. The van der Waals surface area contributed by atoms with Crippen molar-refractivity contribution in [3.05, 3.63) is 11.9 Å². The lowest BCUT2D eigenvalue weighted by Gasteiger charge is -2.35. The molecule has 1 saturated carbocycles. The van der Waals surface area contributed by atoms with Crippen LogP contribution < -0.4 is 11.1 Å². The zero-order valence-corrected chi connectivity index (χ0v) is 10.6. The Morgan fingerprint density at radius 2 is 2.12 bits per heavy atom. The molecule has 0 atom stereocenters. The van der Waals surface area contributed by atoms with Gasteiger partial charge in [-0.25, -0.2) is 9.97 Å². The first-order valence-electron chi connectivity index (χ1n) is 6.02. The SMILES string of the molecule is COC1CC(Nc2cc(N)nc(C(C)C)n2)C1. The number of nitrogens with two attached hydrogens (primary N) is 1. The van der Waals surface area contributed by atoms with Crippen LogP contribution in [0.4, 0.5) is 11.6 Å². The van der Waals surface area contributed by atoms with Gasteiger partial charge in [0.25, 0.3) is 0 Å². The number of nitrogens with zero attached hydrogens (tertiary/aromatic N) is 2. The fourth-order valence-corrected chi connectivity index (χ4v) is 1.90. The lowest BCUT2D eigenvalue weighted by molar-refractivity contribution is 0.0328. The average Bonchev–Trinajstić information content (AvgIpc) is 2.21. The maximum absolute atomic E-state index is 5.77. The number of rotatable bonds is 4. The predicted molar refractivity (Wildman–Crippen MR) is 68.0 cm³/mol. The number of aromatic nitrogens is 2. The molecule has 1 fully saturated rings. The molecule has 2 rings (SSSR count). The molecule has 0 bridgehead atoms. The van der Waals surface area contributed by atoms with Crippen LogP contribution in [0.2, 0.25) is 0 Å². The summed E-state index contributed by atoms with van der Waals surface area (Å²) >= 11 is 0. The standard InChI is InChI=1S/C12H20N4O/c1-7(2)12-15-10(13)6-11(16-12)14-8-4-9(5-8)17-3/h6-9H,4-5H2,1-3H3,(H3,13,14,15,16). The normalized spacial score (nSPS) is 23.5. The van der Waals surface area contributed by atoms with E-state index in [1.807, 2.05) is 0 Å². The molecule has 1 heterocycles. The highest BCUT2D eigenvalue weighted by Crippen LogP contribution is 2.26. The highest BCUT2D eigenvalue weighted by Gasteiger charge is 2.29. The van der Waals surface area contributed by atoms with Gasteiger partial charge in [-0.1, -0.05) is 13.8 Å². The van der Waals surface area contributed by atoms with E-state index in [0.29, 0.717) is 18.0 Å². The maximum Gasteiger partial charge on any atom is 0.135 e. The maximum atomic E-state index is 5.77. The summed E-state index contributed by atoms with van der Waals surface area (Å²) in [5.74, 6) is 2.41. The van der Waals surface area contributed by atoms with Crippen LogP contribution in [-0.4, -0.2) is 29.2 Å². The van der Waals surface area contributed by atoms with E-state index in [2.05, 4.69) is 29.1 Å². The molecule has 1 aliphatic rings. The number of nitrogen functional groups attached to an aromatic ring is 1. The second-order valence-corrected chi connectivity index (χ2v) is 4.86. The Balaban J connectivity index is 2.01. The Morgan fingerprint density at radius 3 is 2.71 bits per heavy atom. The van der Waals surface area contributed by atoms with E-state index in [-0.39, 0.29) is 5.92 Å². The van der Waals surface area contributed by atoms with Gasteiger partial charge in [0.1, 0.15) is 17.5 Å². The second-order valence-electron chi connectivity index (χ2n) is 4.86. The van der Waals surface area contributed by atoms with Gasteiger partial charge in [-0.2, -0.15) is 0 Å². The number of nitrogens with one attached hydrogen (secondary N) is 1. The van der Waals surface area contributed by atoms with Gasteiger partial charge in [-0.15, -0.1) is 0 Å². The zero-order valence-electron chi connectivity index (χ0n) is 10.6. The third kappa shape index (κ3) is 2.85. The van der Waals surface area contributed by atoms with E-state index >= 15 is 0 Å². The van der Waals surface area contributed by atoms with Crippen molar-refractivity contribution in [1.29, 1.82) is 0 Å². The van der Waals surface area contributed by atoms with Gasteiger partial charge in [0.15, 0.2) is 0 Å². The summed E-state index contributed by atoms with van der Waals surface area (Å²) in [4.78, 5) is 8.68. The highest BCUT2D eigenvalue weighted by atomic mass is 16.5.